The third kappa shape index (κ3) is 1.53. The van der Waals surface area contributed by atoms with E-state index in [1.54, 1.807) is 11.3 Å². The SMILES string of the molecule is C=Cn1c(=S)[nH]c2sc3c(c2c1=O)CCCC3. The van der Waals surface area contributed by atoms with Crippen LogP contribution in [0.2, 0.25) is 0 Å². The van der Waals surface area contributed by atoms with Crippen molar-refractivity contribution in [3.8, 4) is 0 Å². The Hall–Kier alpha value is -1.20. The van der Waals surface area contributed by atoms with E-state index < -0.39 is 0 Å². The Morgan fingerprint density at radius 2 is 2.18 bits per heavy atom. The Kier molecular flexibility index (Phi) is 2.52. The van der Waals surface area contributed by atoms with Crippen LogP contribution in [0, 0.1) is 4.77 Å². The van der Waals surface area contributed by atoms with Crippen LogP contribution in [0.5, 0.6) is 0 Å². The molecule has 0 saturated carbocycles. The van der Waals surface area contributed by atoms with Crippen molar-refractivity contribution >= 4 is 40.0 Å². The van der Waals surface area contributed by atoms with Crippen molar-refractivity contribution in [1.29, 1.82) is 0 Å². The number of aromatic nitrogens is 2. The molecule has 0 bridgehead atoms. The predicted molar refractivity (Wildman–Crippen MR) is 74.3 cm³/mol. The van der Waals surface area contributed by atoms with Crippen LogP contribution in [0.3, 0.4) is 0 Å². The molecule has 0 saturated heterocycles. The van der Waals surface area contributed by atoms with Gasteiger partial charge in [0.05, 0.1) is 5.39 Å². The molecule has 0 unspecified atom stereocenters. The lowest BCUT2D eigenvalue weighted by Crippen LogP contribution is -2.18. The maximum Gasteiger partial charge on any atom is 0.267 e. The molecule has 0 amide bonds. The molecule has 0 spiro atoms. The molecule has 2 aromatic rings. The van der Waals surface area contributed by atoms with E-state index in [4.69, 9.17) is 12.2 Å². The van der Waals surface area contributed by atoms with E-state index in [1.165, 1.54) is 34.0 Å². The minimum atomic E-state index is -0.0295. The third-order valence-corrected chi connectivity index (χ3v) is 4.73. The van der Waals surface area contributed by atoms with Gasteiger partial charge in [-0.2, -0.15) is 0 Å². The van der Waals surface area contributed by atoms with Crippen LogP contribution in [0.1, 0.15) is 23.3 Å². The summed E-state index contributed by atoms with van der Waals surface area (Å²) in [4.78, 5) is 17.7. The molecule has 5 heteroatoms. The fourth-order valence-electron chi connectivity index (χ4n) is 2.42. The van der Waals surface area contributed by atoms with E-state index in [-0.39, 0.29) is 5.56 Å². The monoisotopic (exact) mass is 264 g/mol. The highest BCUT2D eigenvalue weighted by Gasteiger charge is 2.19. The maximum atomic E-state index is 12.3. The van der Waals surface area contributed by atoms with Gasteiger partial charge in [0, 0.05) is 11.1 Å². The van der Waals surface area contributed by atoms with Crippen LogP contribution in [0.25, 0.3) is 16.4 Å². The average molecular weight is 264 g/mol. The summed E-state index contributed by atoms with van der Waals surface area (Å²) >= 11 is 6.83. The first-order valence-electron chi connectivity index (χ1n) is 5.64. The maximum absolute atomic E-state index is 12.3. The standard InChI is InChI=1S/C12H12N2OS2/c1-2-14-11(15)9-7-5-3-4-6-8(7)17-10(9)13-12(14)16/h2H,1,3-6H2,(H,13,16). The lowest BCUT2D eigenvalue weighted by molar-refractivity contribution is 0.699. The molecule has 1 aliphatic carbocycles. The first-order chi connectivity index (χ1) is 8.22. The average Bonchev–Trinajstić information content (AvgIpc) is 2.67. The fourth-order valence-corrected chi connectivity index (χ4v) is 4.02. The zero-order valence-electron chi connectivity index (χ0n) is 9.28. The number of fused-ring (bicyclic) bond motifs is 3. The summed E-state index contributed by atoms with van der Waals surface area (Å²) in [6, 6.07) is 0. The number of hydrogen-bond acceptors (Lipinski definition) is 3. The number of thiophene rings is 1. The first kappa shape index (κ1) is 10.9. The zero-order valence-corrected chi connectivity index (χ0v) is 10.9. The van der Waals surface area contributed by atoms with Crippen molar-refractivity contribution in [1.82, 2.24) is 9.55 Å². The summed E-state index contributed by atoms with van der Waals surface area (Å²) in [5.41, 5.74) is 1.20. The van der Waals surface area contributed by atoms with Gasteiger partial charge in [0.1, 0.15) is 4.83 Å². The summed E-state index contributed by atoms with van der Waals surface area (Å²) in [6.45, 7) is 3.64. The smallest absolute Gasteiger partial charge is 0.267 e. The second-order valence-electron chi connectivity index (χ2n) is 4.20. The topological polar surface area (TPSA) is 37.8 Å². The van der Waals surface area contributed by atoms with Gasteiger partial charge in [-0.1, -0.05) is 6.58 Å². The minimum absolute atomic E-state index is 0.0295. The predicted octanol–water partition coefficient (Wildman–Crippen LogP) is 3.10. The Bertz CT molecular complexity index is 720. The van der Waals surface area contributed by atoms with E-state index in [0.717, 1.165) is 23.1 Å². The van der Waals surface area contributed by atoms with Gasteiger partial charge in [0.15, 0.2) is 4.77 Å². The summed E-state index contributed by atoms with van der Waals surface area (Å²) in [5.74, 6) is 0. The van der Waals surface area contributed by atoms with E-state index in [1.807, 2.05) is 0 Å². The van der Waals surface area contributed by atoms with Gasteiger partial charge in [-0.05, 0) is 43.5 Å². The molecular weight excluding hydrogens is 252 g/mol. The molecule has 0 radical (unpaired) electrons. The van der Waals surface area contributed by atoms with Gasteiger partial charge in [-0.15, -0.1) is 11.3 Å². The number of rotatable bonds is 1. The molecule has 0 aromatic carbocycles. The number of aromatic amines is 1. The number of aryl methyl sites for hydroxylation is 2. The van der Waals surface area contributed by atoms with Gasteiger partial charge in [-0.3, -0.25) is 9.36 Å². The Morgan fingerprint density at radius 1 is 1.41 bits per heavy atom. The molecule has 0 aliphatic heterocycles. The lowest BCUT2D eigenvalue weighted by Gasteiger charge is -2.09. The number of H-pyrrole nitrogens is 1. The Morgan fingerprint density at radius 3 is 2.94 bits per heavy atom. The fraction of sp³-hybridized carbons (Fsp3) is 0.333. The molecule has 2 heterocycles. The number of hydrogen-bond donors (Lipinski definition) is 1. The van der Waals surface area contributed by atoms with Crippen LogP contribution in [0.15, 0.2) is 11.4 Å². The van der Waals surface area contributed by atoms with Gasteiger partial charge < -0.3 is 4.98 Å². The second-order valence-corrected chi connectivity index (χ2v) is 5.69. The summed E-state index contributed by atoms with van der Waals surface area (Å²) in [7, 11) is 0. The number of nitrogens with one attached hydrogen (secondary N) is 1. The Balaban J connectivity index is 2.49. The van der Waals surface area contributed by atoms with Crippen LogP contribution < -0.4 is 5.56 Å². The van der Waals surface area contributed by atoms with Crippen molar-refractivity contribution < 1.29 is 0 Å². The van der Waals surface area contributed by atoms with Crippen molar-refractivity contribution in [2.45, 2.75) is 25.7 Å². The molecule has 1 N–H and O–H groups in total. The summed E-state index contributed by atoms with van der Waals surface area (Å²) in [5, 5.41) is 0.818. The summed E-state index contributed by atoms with van der Waals surface area (Å²) in [6.07, 6.45) is 5.96. The molecule has 0 fully saturated rings. The molecule has 0 atom stereocenters. The molecule has 3 nitrogen and oxygen atoms in total. The van der Waals surface area contributed by atoms with E-state index in [9.17, 15) is 4.79 Å². The molecule has 17 heavy (non-hydrogen) atoms. The number of nitrogens with zero attached hydrogens (tertiary/aromatic N) is 1. The van der Waals surface area contributed by atoms with Gasteiger partial charge in [0.25, 0.3) is 5.56 Å². The minimum Gasteiger partial charge on any atom is -0.323 e. The van der Waals surface area contributed by atoms with Crippen molar-refractivity contribution in [3.05, 3.63) is 32.1 Å². The molecule has 3 rings (SSSR count). The summed E-state index contributed by atoms with van der Waals surface area (Å²) < 4.78 is 1.84. The van der Waals surface area contributed by atoms with Gasteiger partial charge in [0.2, 0.25) is 0 Å². The lowest BCUT2D eigenvalue weighted by atomic mass is 9.97. The van der Waals surface area contributed by atoms with Crippen LogP contribution in [0.4, 0.5) is 0 Å². The van der Waals surface area contributed by atoms with Crippen molar-refractivity contribution in [2.24, 2.45) is 0 Å². The third-order valence-electron chi connectivity index (χ3n) is 3.23. The van der Waals surface area contributed by atoms with E-state index in [2.05, 4.69) is 11.6 Å². The van der Waals surface area contributed by atoms with Crippen LogP contribution >= 0.6 is 23.6 Å². The molecule has 2 aromatic heterocycles. The highest BCUT2D eigenvalue weighted by Crippen LogP contribution is 2.33. The van der Waals surface area contributed by atoms with Crippen LogP contribution in [-0.2, 0) is 12.8 Å². The van der Waals surface area contributed by atoms with Crippen LogP contribution in [-0.4, -0.2) is 9.55 Å². The largest absolute Gasteiger partial charge is 0.323 e. The highest BCUT2D eigenvalue weighted by atomic mass is 32.1. The van der Waals surface area contributed by atoms with E-state index in [0.29, 0.717) is 4.77 Å². The van der Waals surface area contributed by atoms with Crippen molar-refractivity contribution in [3.63, 3.8) is 0 Å². The Labute approximate surface area is 107 Å². The normalized spacial score (nSPS) is 14.8. The molecular formula is C12H12N2OS2. The van der Waals surface area contributed by atoms with E-state index >= 15 is 0 Å². The molecule has 1 aliphatic rings. The van der Waals surface area contributed by atoms with Crippen molar-refractivity contribution in [2.75, 3.05) is 0 Å². The quantitative estimate of drug-likeness (QED) is 0.804. The highest BCUT2D eigenvalue weighted by molar-refractivity contribution is 7.71. The zero-order chi connectivity index (χ0) is 12.0. The second kappa shape index (κ2) is 3.92. The van der Waals surface area contributed by atoms with Gasteiger partial charge >= 0.3 is 0 Å². The first-order valence-corrected chi connectivity index (χ1v) is 6.86. The van der Waals surface area contributed by atoms with Gasteiger partial charge in [-0.25, -0.2) is 0 Å². The molecule has 88 valence electrons.